The predicted octanol–water partition coefficient (Wildman–Crippen LogP) is 4.98. The van der Waals surface area contributed by atoms with Crippen LogP contribution in [0.2, 0.25) is 0 Å². The molecule has 0 amide bonds. The predicted molar refractivity (Wildman–Crippen MR) is 106 cm³/mol. The number of benzene rings is 1. The standard InChI is InChI=1S/C22H35NO3/c1-2-3-4-5-6-7-13-26-21-10-8-9-19(15-21)20-14-18(16-23-17-20)11-12-22(24)25/h8-10,15,18,20,23H,2-7,11-14,16-17H2,1H3,(H,24,25). The van der Waals surface area contributed by atoms with Gasteiger partial charge in [0.15, 0.2) is 0 Å². The highest BCUT2D eigenvalue weighted by atomic mass is 16.5. The maximum atomic E-state index is 10.8. The molecule has 4 heteroatoms. The summed E-state index contributed by atoms with van der Waals surface area (Å²) >= 11 is 0. The first-order valence-corrected chi connectivity index (χ1v) is 10.3. The van der Waals surface area contributed by atoms with Gasteiger partial charge in [0.05, 0.1) is 6.61 Å². The van der Waals surface area contributed by atoms with Crippen LogP contribution in [-0.2, 0) is 4.79 Å². The van der Waals surface area contributed by atoms with E-state index < -0.39 is 5.97 Å². The van der Waals surface area contributed by atoms with Crippen LogP contribution in [0.3, 0.4) is 0 Å². The monoisotopic (exact) mass is 361 g/mol. The molecule has 0 spiro atoms. The first kappa shape index (κ1) is 20.8. The van der Waals surface area contributed by atoms with Crippen LogP contribution in [0.15, 0.2) is 24.3 Å². The number of rotatable bonds is 12. The first-order valence-electron chi connectivity index (χ1n) is 10.3. The molecule has 1 saturated heterocycles. The van der Waals surface area contributed by atoms with E-state index in [-0.39, 0.29) is 6.42 Å². The van der Waals surface area contributed by atoms with Gasteiger partial charge in [-0.3, -0.25) is 4.79 Å². The van der Waals surface area contributed by atoms with Gasteiger partial charge in [-0.1, -0.05) is 51.2 Å². The van der Waals surface area contributed by atoms with Gasteiger partial charge in [-0.05, 0) is 55.3 Å². The highest BCUT2D eigenvalue weighted by molar-refractivity contribution is 5.66. The fourth-order valence-corrected chi connectivity index (χ4v) is 3.76. The maximum Gasteiger partial charge on any atom is 0.303 e. The average molecular weight is 362 g/mol. The number of carboxylic acids is 1. The number of hydrogen-bond acceptors (Lipinski definition) is 3. The molecule has 0 aromatic heterocycles. The Hall–Kier alpha value is -1.55. The van der Waals surface area contributed by atoms with E-state index in [0.717, 1.165) is 44.7 Å². The maximum absolute atomic E-state index is 10.8. The van der Waals surface area contributed by atoms with Gasteiger partial charge in [-0.2, -0.15) is 0 Å². The van der Waals surface area contributed by atoms with Crippen molar-refractivity contribution in [2.24, 2.45) is 5.92 Å². The molecule has 0 saturated carbocycles. The van der Waals surface area contributed by atoms with Gasteiger partial charge in [-0.25, -0.2) is 0 Å². The Morgan fingerprint density at radius 3 is 2.81 bits per heavy atom. The second kappa shape index (κ2) is 11.9. The third-order valence-electron chi connectivity index (χ3n) is 5.30. The molecule has 4 nitrogen and oxygen atoms in total. The van der Waals surface area contributed by atoms with E-state index in [1.807, 2.05) is 6.07 Å². The molecule has 2 N–H and O–H groups in total. The zero-order valence-corrected chi connectivity index (χ0v) is 16.2. The third kappa shape index (κ3) is 7.77. The molecule has 1 aliphatic heterocycles. The molecule has 146 valence electrons. The van der Waals surface area contributed by atoms with Crippen LogP contribution in [-0.4, -0.2) is 30.8 Å². The van der Waals surface area contributed by atoms with E-state index in [4.69, 9.17) is 9.84 Å². The van der Waals surface area contributed by atoms with Crippen LogP contribution in [0, 0.1) is 5.92 Å². The molecule has 1 heterocycles. The molecule has 1 aromatic carbocycles. The lowest BCUT2D eigenvalue weighted by Crippen LogP contribution is -2.35. The number of hydrogen-bond donors (Lipinski definition) is 2. The van der Waals surface area contributed by atoms with Gasteiger partial charge in [0.1, 0.15) is 5.75 Å². The Morgan fingerprint density at radius 1 is 1.19 bits per heavy atom. The van der Waals surface area contributed by atoms with Crippen molar-refractivity contribution >= 4 is 5.97 Å². The summed E-state index contributed by atoms with van der Waals surface area (Å²) in [5.74, 6) is 1.15. The van der Waals surface area contributed by atoms with Gasteiger partial charge in [0, 0.05) is 13.0 Å². The summed E-state index contributed by atoms with van der Waals surface area (Å²) in [7, 11) is 0. The van der Waals surface area contributed by atoms with Crippen molar-refractivity contribution in [3.05, 3.63) is 29.8 Å². The summed E-state index contributed by atoms with van der Waals surface area (Å²) in [6, 6.07) is 8.46. The van der Waals surface area contributed by atoms with E-state index in [1.165, 1.54) is 37.7 Å². The summed E-state index contributed by atoms with van der Waals surface area (Å²) < 4.78 is 5.95. The van der Waals surface area contributed by atoms with Crippen molar-refractivity contribution in [3.8, 4) is 5.75 Å². The van der Waals surface area contributed by atoms with Crippen molar-refractivity contribution in [1.29, 1.82) is 0 Å². The van der Waals surface area contributed by atoms with Crippen molar-refractivity contribution in [1.82, 2.24) is 5.32 Å². The second-order valence-corrected chi connectivity index (χ2v) is 7.58. The van der Waals surface area contributed by atoms with Crippen LogP contribution in [0.5, 0.6) is 5.75 Å². The first-order chi connectivity index (χ1) is 12.7. The van der Waals surface area contributed by atoms with Crippen LogP contribution in [0.4, 0.5) is 0 Å². The number of aliphatic carboxylic acids is 1. The molecule has 0 radical (unpaired) electrons. The topological polar surface area (TPSA) is 58.6 Å². The van der Waals surface area contributed by atoms with Crippen LogP contribution >= 0.6 is 0 Å². The quantitative estimate of drug-likeness (QED) is 0.515. The zero-order chi connectivity index (χ0) is 18.6. The number of ether oxygens (including phenoxy) is 1. The van der Waals surface area contributed by atoms with E-state index in [1.54, 1.807) is 0 Å². The van der Waals surface area contributed by atoms with Crippen LogP contribution in [0.1, 0.15) is 76.2 Å². The smallest absolute Gasteiger partial charge is 0.303 e. The number of carbonyl (C=O) groups is 1. The lowest BCUT2D eigenvalue weighted by atomic mass is 9.83. The summed E-state index contributed by atoms with van der Waals surface area (Å²) in [6.07, 6.45) is 9.72. The molecular formula is C22H35NO3. The minimum Gasteiger partial charge on any atom is -0.494 e. The molecule has 1 fully saturated rings. The Balaban J connectivity index is 1.75. The summed E-state index contributed by atoms with van der Waals surface area (Å²) in [4.78, 5) is 10.8. The largest absolute Gasteiger partial charge is 0.494 e. The summed E-state index contributed by atoms with van der Waals surface area (Å²) in [5.41, 5.74) is 1.30. The highest BCUT2D eigenvalue weighted by Crippen LogP contribution is 2.30. The van der Waals surface area contributed by atoms with Gasteiger partial charge < -0.3 is 15.2 Å². The Morgan fingerprint density at radius 2 is 2.00 bits per heavy atom. The Bertz CT molecular complexity index is 532. The number of carboxylic acid groups (broad SMARTS) is 1. The Labute approximate surface area is 158 Å². The van der Waals surface area contributed by atoms with E-state index in [9.17, 15) is 4.79 Å². The minimum atomic E-state index is -0.697. The fourth-order valence-electron chi connectivity index (χ4n) is 3.76. The lowest BCUT2D eigenvalue weighted by molar-refractivity contribution is -0.137. The lowest BCUT2D eigenvalue weighted by Gasteiger charge is -2.30. The molecule has 2 rings (SSSR count). The highest BCUT2D eigenvalue weighted by Gasteiger charge is 2.23. The Kier molecular flexibility index (Phi) is 9.54. The van der Waals surface area contributed by atoms with E-state index >= 15 is 0 Å². The molecule has 1 aromatic rings. The molecule has 2 unspecified atom stereocenters. The van der Waals surface area contributed by atoms with Gasteiger partial charge in [-0.15, -0.1) is 0 Å². The zero-order valence-electron chi connectivity index (χ0n) is 16.2. The summed E-state index contributed by atoms with van der Waals surface area (Å²) in [5, 5.41) is 12.4. The average Bonchev–Trinajstić information content (AvgIpc) is 2.66. The minimum absolute atomic E-state index is 0.264. The molecule has 26 heavy (non-hydrogen) atoms. The number of nitrogens with one attached hydrogen (secondary N) is 1. The van der Waals surface area contributed by atoms with Crippen molar-refractivity contribution in [2.45, 2.75) is 70.6 Å². The number of piperidine rings is 1. The number of unbranched alkanes of at least 4 members (excludes halogenated alkanes) is 5. The van der Waals surface area contributed by atoms with Gasteiger partial charge in [0.2, 0.25) is 0 Å². The molecule has 1 aliphatic rings. The van der Waals surface area contributed by atoms with Crippen molar-refractivity contribution in [3.63, 3.8) is 0 Å². The SMILES string of the molecule is CCCCCCCCOc1cccc(C2CNCC(CCC(=O)O)C2)c1. The third-order valence-corrected chi connectivity index (χ3v) is 5.30. The van der Waals surface area contributed by atoms with Crippen LogP contribution in [0.25, 0.3) is 0 Å². The van der Waals surface area contributed by atoms with E-state index in [2.05, 4.69) is 30.4 Å². The second-order valence-electron chi connectivity index (χ2n) is 7.58. The van der Waals surface area contributed by atoms with Crippen LogP contribution < -0.4 is 10.1 Å². The van der Waals surface area contributed by atoms with E-state index in [0.29, 0.717) is 11.8 Å². The fraction of sp³-hybridized carbons (Fsp3) is 0.682. The van der Waals surface area contributed by atoms with Crippen molar-refractivity contribution < 1.29 is 14.6 Å². The molecular weight excluding hydrogens is 326 g/mol. The molecule has 2 atom stereocenters. The van der Waals surface area contributed by atoms with Gasteiger partial charge >= 0.3 is 5.97 Å². The molecule has 0 aliphatic carbocycles. The molecule has 0 bridgehead atoms. The van der Waals surface area contributed by atoms with Crippen molar-refractivity contribution in [2.75, 3.05) is 19.7 Å². The summed E-state index contributed by atoms with van der Waals surface area (Å²) in [6.45, 7) is 4.93. The normalized spacial score (nSPS) is 20.0. The van der Waals surface area contributed by atoms with Gasteiger partial charge in [0.25, 0.3) is 0 Å².